The van der Waals surface area contributed by atoms with Crippen LogP contribution in [0.3, 0.4) is 0 Å². The highest BCUT2D eigenvalue weighted by atomic mass is 19.4. The largest absolute Gasteiger partial charge is 0.496 e. The average molecular weight is 260 g/mol. The lowest BCUT2D eigenvalue weighted by Gasteiger charge is -2.43. The number of benzene rings is 1. The maximum absolute atomic E-state index is 13.2. The zero-order chi connectivity index (χ0) is 13.6. The fourth-order valence-corrected chi connectivity index (χ4v) is 2.35. The highest BCUT2D eigenvalue weighted by Crippen LogP contribution is 2.47. The number of alkyl halides is 3. The molecule has 0 amide bonds. The minimum absolute atomic E-state index is 0.261. The third-order valence-corrected chi connectivity index (χ3v) is 3.46. The molecule has 0 aliphatic carbocycles. The molecule has 1 aromatic rings. The number of rotatable bonds is 2. The molecule has 0 saturated carbocycles. The summed E-state index contributed by atoms with van der Waals surface area (Å²) in [6.45, 7) is 2.89. The van der Waals surface area contributed by atoms with Crippen LogP contribution in [0.25, 0.3) is 0 Å². The molecule has 1 fully saturated rings. The zero-order valence-corrected chi connectivity index (χ0v) is 10.5. The summed E-state index contributed by atoms with van der Waals surface area (Å²) in [6.07, 6.45) is -4.29. The number of ether oxygens (including phenoxy) is 2. The smallest absolute Gasteiger partial charge is 0.402 e. The summed E-state index contributed by atoms with van der Waals surface area (Å²) in [5.74, 6) is 0.635. The molecule has 5 heteroatoms. The normalized spacial score (nSPS) is 18.3. The molecule has 2 rings (SSSR count). The van der Waals surface area contributed by atoms with E-state index in [0.29, 0.717) is 16.9 Å². The molecule has 1 aliphatic rings. The molecule has 0 bridgehead atoms. The van der Waals surface area contributed by atoms with Crippen LogP contribution < -0.4 is 4.74 Å². The van der Waals surface area contributed by atoms with E-state index in [2.05, 4.69) is 0 Å². The van der Waals surface area contributed by atoms with Gasteiger partial charge in [-0.15, -0.1) is 0 Å². The first-order valence-corrected chi connectivity index (χ1v) is 5.62. The van der Waals surface area contributed by atoms with Crippen molar-refractivity contribution in [3.63, 3.8) is 0 Å². The second-order valence-corrected chi connectivity index (χ2v) is 4.72. The third kappa shape index (κ3) is 1.77. The highest BCUT2D eigenvalue weighted by molar-refractivity contribution is 5.47. The Morgan fingerprint density at radius 1 is 1.17 bits per heavy atom. The number of hydrogen-bond donors (Lipinski definition) is 0. The molecule has 1 heterocycles. The van der Waals surface area contributed by atoms with Crippen LogP contribution in [0.15, 0.2) is 12.1 Å². The van der Waals surface area contributed by atoms with Crippen LogP contribution in [0, 0.1) is 13.8 Å². The predicted octanol–water partition coefficient (Wildman–Crippen LogP) is 3.14. The maximum atomic E-state index is 13.2. The molecule has 0 unspecified atom stereocenters. The number of hydrogen-bond acceptors (Lipinski definition) is 2. The minimum Gasteiger partial charge on any atom is -0.496 e. The fraction of sp³-hybridized carbons (Fsp3) is 0.538. The van der Waals surface area contributed by atoms with Gasteiger partial charge in [-0.2, -0.15) is 13.2 Å². The van der Waals surface area contributed by atoms with E-state index in [-0.39, 0.29) is 18.8 Å². The van der Waals surface area contributed by atoms with Crippen molar-refractivity contribution in [2.75, 3.05) is 20.3 Å². The fourth-order valence-electron chi connectivity index (χ4n) is 2.35. The zero-order valence-electron chi connectivity index (χ0n) is 10.5. The van der Waals surface area contributed by atoms with E-state index >= 15 is 0 Å². The van der Waals surface area contributed by atoms with Gasteiger partial charge in [0.2, 0.25) is 0 Å². The van der Waals surface area contributed by atoms with Crippen molar-refractivity contribution in [2.24, 2.45) is 0 Å². The van der Waals surface area contributed by atoms with Gasteiger partial charge in [-0.05, 0) is 30.5 Å². The van der Waals surface area contributed by atoms with Gasteiger partial charge in [0, 0.05) is 0 Å². The Labute approximate surface area is 104 Å². The standard InChI is InChI=1S/C13H15F3O2/c1-8-4-10(5-9(2)11(8)17-3)12(6-18-7-12)13(14,15)16/h4-5H,6-7H2,1-3H3. The summed E-state index contributed by atoms with van der Waals surface area (Å²) in [5, 5.41) is 0. The lowest BCUT2D eigenvalue weighted by atomic mass is 9.76. The first-order chi connectivity index (χ1) is 8.32. The summed E-state index contributed by atoms with van der Waals surface area (Å²) >= 11 is 0. The van der Waals surface area contributed by atoms with Crippen molar-refractivity contribution in [2.45, 2.75) is 25.4 Å². The molecular formula is C13H15F3O2. The van der Waals surface area contributed by atoms with Crippen molar-refractivity contribution in [3.05, 3.63) is 28.8 Å². The van der Waals surface area contributed by atoms with Gasteiger partial charge < -0.3 is 9.47 Å². The van der Waals surface area contributed by atoms with Crippen molar-refractivity contribution < 1.29 is 22.6 Å². The number of halogens is 3. The summed E-state index contributed by atoms with van der Waals surface area (Å²) in [7, 11) is 1.51. The Kier molecular flexibility index (Phi) is 3.05. The predicted molar refractivity (Wildman–Crippen MR) is 61.0 cm³/mol. The van der Waals surface area contributed by atoms with Crippen LogP contribution in [-0.4, -0.2) is 26.5 Å². The third-order valence-electron chi connectivity index (χ3n) is 3.46. The van der Waals surface area contributed by atoms with Crippen molar-refractivity contribution >= 4 is 0 Å². The molecular weight excluding hydrogens is 245 g/mol. The van der Waals surface area contributed by atoms with Gasteiger partial charge in [-0.1, -0.05) is 12.1 Å². The van der Waals surface area contributed by atoms with Gasteiger partial charge in [-0.25, -0.2) is 0 Å². The maximum Gasteiger partial charge on any atom is 0.402 e. The topological polar surface area (TPSA) is 18.5 Å². The van der Waals surface area contributed by atoms with Gasteiger partial charge in [-0.3, -0.25) is 0 Å². The summed E-state index contributed by atoms with van der Waals surface area (Å²) in [6, 6.07) is 3.09. The summed E-state index contributed by atoms with van der Waals surface area (Å²) < 4.78 is 49.5. The van der Waals surface area contributed by atoms with Crippen molar-refractivity contribution in [1.29, 1.82) is 0 Å². The van der Waals surface area contributed by atoms with Gasteiger partial charge >= 0.3 is 6.18 Å². The second kappa shape index (κ2) is 4.16. The first kappa shape index (κ1) is 13.2. The van der Waals surface area contributed by atoms with E-state index < -0.39 is 11.6 Å². The molecule has 1 aliphatic heterocycles. The molecule has 0 spiro atoms. The van der Waals surface area contributed by atoms with E-state index in [9.17, 15) is 13.2 Å². The van der Waals surface area contributed by atoms with E-state index in [1.54, 1.807) is 26.0 Å². The van der Waals surface area contributed by atoms with Crippen LogP contribution in [0.2, 0.25) is 0 Å². The number of aryl methyl sites for hydroxylation is 2. The molecule has 18 heavy (non-hydrogen) atoms. The Morgan fingerprint density at radius 2 is 1.67 bits per heavy atom. The Bertz CT molecular complexity index is 439. The second-order valence-electron chi connectivity index (χ2n) is 4.72. The SMILES string of the molecule is COc1c(C)cc(C2(C(F)(F)F)COC2)cc1C. The van der Waals surface area contributed by atoms with E-state index in [1.165, 1.54) is 7.11 Å². The molecule has 1 aromatic carbocycles. The molecule has 0 N–H and O–H groups in total. The quantitative estimate of drug-likeness (QED) is 0.813. The lowest BCUT2D eigenvalue weighted by Crippen LogP contribution is -2.57. The monoisotopic (exact) mass is 260 g/mol. The first-order valence-electron chi connectivity index (χ1n) is 5.62. The van der Waals surface area contributed by atoms with Crippen LogP contribution in [0.5, 0.6) is 5.75 Å². The van der Waals surface area contributed by atoms with Crippen LogP contribution in [0.1, 0.15) is 16.7 Å². The van der Waals surface area contributed by atoms with Crippen LogP contribution in [0.4, 0.5) is 13.2 Å². The Morgan fingerprint density at radius 3 is 1.94 bits per heavy atom. The molecule has 0 atom stereocenters. The van der Waals surface area contributed by atoms with Gasteiger partial charge in [0.15, 0.2) is 0 Å². The van der Waals surface area contributed by atoms with Gasteiger partial charge in [0.1, 0.15) is 11.2 Å². The van der Waals surface area contributed by atoms with Crippen molar-refractivity contribution in [1.82, 2.24) is 0 Å². The molecule has 0 radical (unpaired) electrons. The van der Waals surface area contributed by atoms with Gasteiger partial charge in [0.05, 0.1) is 20.3 Å². The van der Waals surface area contributed by atoms with E-state index in [1.807, 2.05) is 0 Å². The lowest BCUT2D eigenvalue weighted by molar-refractivity contribution is -0.262. The van der Waals surface area contributed by atoms with E-state index in [4.69, 9.17) is 9.47 Å². The van der Waals surface area contributed by atoms with Crippen LogP contribution in [-0.2, 0) is 10.2 Å². The van der Waals surface area contributed by atoms with Gasteiger partial charge in [0.25, 0.3) is 0 Å². The highest BCUT2D eigenvalue weighted by Gasteiger charge is 2.61. The summed E-state index contributed by atoms with van der Waals surface area (Å²) in [5.41, 5.74) is -0.169. The molecule has 1 saturated heterocycles. The molecule has 2 nitrogen and oxygen atoms in total. The Balaban J connectivity index is 2.52. The molecule has 100 valence electrons. The summed E-state index contributed by atoms with van der Waals surface area (Å²) in [4.78, 5) is 0. The van der Waals surface area contributed by atoms with E-state index in [0.717, 1.165) is 0 Å². The molecule has 0 aromatic heterocycles. The number of methoxy groups -OCH3 is 1. The average Bonchev–Trinajstić information content (AvgIpc) is 2.12. The minimum atomic E-state index is -4.29. The Hall–Kier alpha value is -1.23. The van der Waals surface area contributed by atoms with Crippen molar-refractivity contribution in [3.8, 4) is 5.75 Å². The van der Waals surface area contributed by atoms with Crippen LogP contribution >= 0.6 is 0 Å².